The van der Waals surface area contributed by atoms with E-state index in [9.17, 15) is 0 Å². The Hall–Kier alpha value is -1.28. The maximum atomic E-state index is 2.75. The average molecular weight is 204 g/mol. The van der Waals surface area contributed by atoms with E-state index in [-0.39, 0.29) is 0 Å². The molecule has 0 spiro atoms. The van der Waals surface area contributed by atoms with Gasteiger partial charge in [0.25, 0.3) is 0 Å². The number of fused-ring (bicyclic) bond motifs is 1. The molecular formula is C13H20N2. The third-order valence-corrected chi connectivity index (χ3v) is 2.41. The quantitative estimate of drug-likeness (QED) is 0.698. The van der Waals surface area contributed by atoms with Gasteiger partial charge in [-0.25, -0.2) is 0 Å². The summed E-state index contributed by atoms with van der Waals surface area (Å²) in [4.78, 5) is 0. The first kappa shape index (κ1) is 11.8. The van der Waals surface area contributed by atoms with Crippen LogP contribution in [0.3, 0.4) is 0 Å². The van der Waals surface area contributed by atoms with Crippen molar-refractivity contribution >= 4 is 10.9 Å². The molecule has 1 heterocycles. The molecule has 0 radical (unpaired) electrons. The lowest BCUT2D eigenvalue weighted by Crippen LogP contribution is -1.89. The largest absolute Gasteiger partial charge is 0.350 e. The Kier molecular flexibility index (Phi) is 3.92. The number of hydrogen-bond donors (Lipinski definition) is 1. The first-order chi connectivity index (χ1) is 7.11. The highest BCUT2D eigenvalue weighted by molar-refractivity contribution is 5.86. The van der Waals surface area contributed by atoms with Gasteiger partial charge in [-0.15, -0.1) is 0 Å². The van der Waals surface area contributed by atoms with Crippen LogP contribution in [0.15, 0.2) is 24.4 Å². The maximum absolute atomic E-state index is 2.75. The van der Waals surface area contributed by atoms with Crippen LogP contribution in [0.25, 0.3) is 10.9 Å². The number of nitrogens with one attached hydrogen (secondary N) is 1. The van der Waals surface area contributed by atoms with Gasteiger partial charge >= 0.3 is 0 Å². The van der Waals surface area contributed by atoms with E-state index in [0.29, 0.717) is 0 Å². The summed E-state index contributed by atoms with van der Waals surface area (Å²) in [7, 11) is 5.84. The number of rotatable bonds is 0. The number of benzene rings is 1. The van der Waals surface area contributed by atoms with Gasteiger partial charge in [0.1, 0.15) is 0 Å². The molecule has 1 aromatic carbocycles. The average Bonchev–Trinajstić information content (AvgIpc) is 2.45. The Morgan fingerprint density at radius 3 is 2.20 bits per heavy atom. The molecule has 0 saturated carbocycles. The predicted octanol–water partition coefficient (Wildman–Crippen LogP) is 2.63. The van der Waals surface area contributed by atoms with Crippen LogP contribution < -0.4 is 5.32 Å². The van der Waals surface area contributed by atoms with Crippen molar-refractivity contribution in [1.82, 2.24) is 9.88 Å². The highest BCUT2D eigenvalue weighted by atomic mass is 14.9. The summed E-state index contributed by atoms with van der Waals surface area (Å²) in [6, 6.07) is 6.43. The lowest BCUT2D eigenvalue weighted by molar-refractivity contribution is 0.964. The summed E-state index contributed by atoms with van der Waals surface area (Å²) in [5.74, 6) is 0. The lowest BCUT2D eigenvalue weighted by Gasteiger charge is -1.98. The van der Waals surface area contributed by atoms with Gasteiger partial charge < -0.3 is 9.88 Å². The second-order valence-electron chi connectivity index (χ2n) is 3.89. The first-order valence-electron chi connectivity index (χ1n) is 5.21. The minimum absolute atomic E-state index is 1.33. The second-order valence-corrected chi connectivity index (χ2v) is 3.89. The number of hydrogen-bond acceptors (Lipinski definition) is 1. The summed E-state index contributed by atoms with van der Waals surface area (Å²) in [6.45, 7) is 4.32. The fourth-order valence-corrected chi connectivity index (χ4v) is 1.88. The zero-order valence-electron chi connectivity index (χ0n) is 10.3. The normalized spacial score (nSPS) is 9.93. The summed E-state index contributed by atoms with van der Waals surface area (Å²) in [5.41, 5.74) is 4.06. The van der Waals surface area contributed by atoms with Crippen LogP contribution in [-0.4, -0.2) is 18.7 Å². The molecule has 2 rings (SSSR count). The fourth-order valence-electron chi connectivity index (χ4n) is 1.88. The van der Waals surface area contributed by atoms with E-state index in [1.165, 1.54) is 22.0 Å². The van der Waals surface area contributed by atoms with Gasteiger partial charge in [0.05, 0.1) is 0 Å². The van der Waals surface area contributed by atoms with Crippen molar-refractivity contribution in [1.29, 1.82) is 0 Å². The third-order valence-electron chi connectivity index (χ3n) is 2.41. The maximum Gasteiger partial charge on any atom is 0.0483 e. The van der Waals surface area contributed by atoms with Gasteiger partial charge in [-0.3, -0.25) is 0 Å². The monoisotopic (exact) mass is 204 g/mol. The highest BCUT2D eigenvalue weighted by Gasteiger charge is 2.03. The molecule has 0 fully saturated rings. The van der Waals surface area contributed by atoms with E-state index < -0.39 is 0 Å². The molecule has 0 aliphatic heterocycles. The SMILES string of the molecule is CNC.Cc1cccc2c1c(C)cn2C. The van der Waals surface area contributed by atoms with Crippen LogP contribution in [0.5, 0.6) is 0 Å². The minimum Gasteiger partial charge on any atom is -0.350 e. The van der Waals surface area contributed by atoms with Crippen LogP contribution >= 0.6 is 0 Å². The van der Waals surface area contributed by atoms with Gasteiger partial charge in [0, 0.05) is 24.1 Å². The standard InChI is InChI=1S/C11H13N.C2H7N/c1-8-5-4-6-10-11(8)9(2)7-12(10)3;1-3-2/h4-7H,1-3H3;3H,1-2H3. The zero-order chi connectivity index (χ0) is 11.4. The van der Waals surface area contributed by atoms with Gasteiger partial charge in [-0.2, -0.15) is 0 Å². The molecule has 2 nitrogen and oxygen atoms in total. The van der Waals surface area contributed by atoms with Crippen molar-refractivity contribution in [3.63, 3.8) is 0 Å². The number of aromatic nitrogens is 1. The van der Waals surface area contributed by atoms with Crippen molar-refractivity contribution < 1.29 is 0 Å². The molecule has 0 amide bonds. The van der Waals surface area contributed by atoms with Crippen LogP contribution in [0, 0.1) is 13.8 Å². The zero-order valence-corrected chi connectivity index (χ0v) is 10.3. The summed E-state index contributed by atoms with van der Waals surface area (Å²) in [5, 5.41) is 4.15. The van der Waals surface area contributed by atoms with Crippen LogP contribution in [0.4, 0.5) is 0 Å². The minimum atomic E-state index is 1.33. The molecule has 15 heavy (non-hydrogen) atoms. The van der Waals surface area contributed by atoms with Crippen molar-refractivity contribution in [3.8, 4) is 0 Å². The molecule has 0 atom stereocenters. The van der Waals surface area contributed by atoms with Gasteiger partial charge in [0.2, 0.25) is 0 Å². The van der Waals surface area contributed by atoms with E-state index in [1.54, 1.807) is 0 Å². The Bertz CT molecular complexity index is 441. The molecule has 0 bridgehead atoms. The Morgan fingerprint density at radius 2 is 1.67 bits per heavy atom. The van der Waals surface area contributed by atoms with Crippen LogP contribution in [0.1, 0.15) is 11.1 Å². The highest BCUT2D eigenvalue weighted by Crippen LogP contribution is 2.22. The molecule has 2 aromatic rings. The third kappa shape index (κ3) is 2.39. The topological polar surface area (TPSA) is 17.0 Å². The van der Waals surface area contributed by atoms with E-state index >= 15 is 0 Å². The molecule has 2 heteroatoms. The van der Waals surface area contributed by atoms with Crippen LogP contribution in [-0.2, 0) is 7.05 Å². The Labute approximate surface area is 91.9 Å². The van der Waals surface area contributed by atoms with E-state index in [4.69, 9.17) is 0 Å². The van der Waals surface area contributed by atoms with Crippen molar-refractivity contribution in [2.75, 3.05) is 14.1 Å². The first-order valence-corrected chi connectivity index (χ1v) is 5.21. The predicted molar refractivity (Wildman–Crippen MR) is 67.4 cm³/mol. The van der Waals surface area contributed by atoms with E-state index in [0.717, 1.165) is 0 Å². The smallest absolute Gasteiger partial charge is 0.0483 e. The number of aryl methyl sites for hydroxylation is 3. The van der Waals surface area contributed by atoms with E-state index in [2.05, 4.69) is 55.2 Å². The molecular weight excluding hydrogens is 184 g/mol. The molecule has 0 aliphatic carbocycles. The summed E-state index contributed by atoms with van der Waals surface area (Å²) < 4.78 is 2.18. The lowest BCUT2D eigenvalue weighted by atomic mass is 10.1. The second kappa shape index (κ2) is 4.99. The van der Waals surface area contributed by atoms with Crippen LogP contribution in [0.2, 0.25) is 0 Å². The van der Waals surface area contributed by atoms with Crippen molar-refractivity contribution in [2.45, 2.75) is 13.8 Å². The van der Waals surface area contributed by atoms with Crippen molar-refractivity contribution in [3.05, 3.63) is 35.5 Å². The fraction of sp³-hybridized carbons (Fsp3) is 0.385. The summed E-state index contributed by atoms with van der Waals surface area (Å²) in [6.07, 6.45) is 2.18. The Morgan fingerprint density at radius 1 is 1.07 bits per heavy atom. The molecule has 0 saturated heterocycles. The van der Waals surface area contributed by atoms with Gasteiger partial charge in [0.15, 0.2) is 0 Å². The molecule has 1 aromatic heterocycles. The summed E-state index contributed by atoms with van der Waals surface area (Å²) >= 11 is 0. The molecule has 82 valence electrons. The Balaban J connectivity index is 0.000000337. The molecule has 0 unspecified atom stereocenters. The number of nitrogens with zero attached hydrogens (tertiary/aromatic N) is 1. The molecule has 0 aliphatic rings. The van der Waals surface area contributed by atoms with E-state index in [1.807, 2.05) is 14.1 Å². The van der Waals surface area contributed by atoms with Gasteiger partial charge in [-0.1, -0.05) is 12.1 Å². The van der Waals surface area contributed by atoms with Crippen molar-refractivity contribution in [2.24, 2.45) is 7.05 Å². The van der Waals surface area contributed by atoms with Gasteiger partial charge in [-0.05, 0) is 45.1 Å². The molecule has 1 N–H and O–H groups in total.